The molecule has 34 heavy (non-hydrogen) atoms. The van der Waals surface area contributed by atoms with E-state index < -0.39 is 23.0 Å². The zero-order valence-electron chi connectivity index (χ0n) is 22.0. The second-order valence-electron chi connectivity index (χ2n) is 9.92. The van der Waals surface area contributed by atoms with Crippen LogP contribution in [0, 0.1) is 15.2 Å². The predicted octanol–water partition coefficient (Wildman–Crippen LogP) is 2.09. The van der Waals surface area contributed by atoms with Gasteiger partial charge in [-0.25, -0.2) is 0 Å². The first-order valence-corrected chi connectivity index (χ1v) is 12.1. The molecule has 0 aliphatic rings. The average Bonchev–Trinajstić information content (AvgIpc) is 2.82. The summed E-state index contributed by atoms with van der Waals surface area (Å²) < 4.78 is 5.31. The van der Waals surface area contributed by atoms with Gasteiger partial charge in [0, 0.05) is 62.6 Å². The highest BCUT2D eigenvalue weighted by Crippen LogP contribution is 2.19. The largest absolute Gasteiger partial charge is 0.380 e. The predicted molar refractivity (Wildman–Crippen MR) is 135 cm³/mol. The van der Waals surface area contributed by atoms with E-state index in [-0.39, 0.29) is 30.7 Å². The quantitative estimate of drug-likeness (QED) is 0.152. The Labute approximate surface area is 204 Å². The summed E-state index contributed by atoms with van der Waals surface area (Å²) in [6.07, 6.45) is 1.11. The first kappa shape index (κ1) is 32.0. The molecular formula is C23H46N6O5. The fraction of sp³-hybridized carbons (Fsp3) is 0.913. The molecule has 4 atom stereocenters. The van der Waals surface area contributed by atoms with Crippen molar-refractivity contribution in [3.8, 4) is 0 Å². The second kappa shape index (κ2) is 16.6. The van der Waals surface area contributed by atoms with Gasteiger partial charge in [-0.1, -0.05) is 24.2 Å². The minimum absolute atomic E-state index is 0.0820. The lowest BCUT2D eigenvalue weighted by molar-refractivity contribution is -0.126. The highest BCUT2D eigenvalue weighted by Gasteiger charge is 2.32. The summed E-state index contributed by atoms with van der Waals surface area (Å²) in [5.74, 6) is -0.413. The smallest absolute Gasteiger partial charge is 0.220 e. The van der Waals surface area contributed by atoms with E-state index >= 15 is 0 Å². The van der Waals surface area contributed by atoms with Gasteiger partial charge in [0.1, 0.15) is 12.1 Å². The lowest BCUT2D eigenvalue weighted by Crippen LogP contribution is -2.56. The molecule has 0 saturated carbocycles. The maximum Gasteiger partial charge on any atom is 0.220 e. The van der Waals surface area contributed by atoms with Gasteiger partial charge in [-0.05, 0) is 41.0 Å². The fourth-order valence-corrected chi connectivity index (χ4v) is 2.80. The molecule has 11 heteroatoms. The van der Waals surface area contributed by atoms with Crippen LogP contribution in [-0.4, -0.2) is 74.9 Å². The molecule has 0 spiro atoms. The van der Waals surface area contributed by atoms with Crippen LogP contribution < -0.4 is 21.3 Å². The lowest BCUT2D eigenvalue weighted by atomic mass is 9.87. The standard InChI is InChI=1S/C23H46N6O5/c1-8-12-34-13-11-24-20(30)9-10-21(31)26-15-23(7,14-25-17(2)18(3)28-32)16-27-22(5,6)19(4)29-33/h17-19,25,27H,8-16H2,1-7H3,(H,24,30)(H,26,31). The third-order valence-electron chi connectivity index (χ3n) is 6.12. The van der Waals surface area contributed by atoms with Crippen molar-refractivity contribution < 1.29 is 14.3 Å². The highest BCUT2D eigenvalue weighted by molar-refractivity contribution is 5.83. The third-order valence-corrected chi connectivity index (χ3v) is 6.12. The number of hydrogen-bond donors (Lipinski definition) is 4. The molecule has 0 bridgehead atoms. The number of nitrogens with zero attached hydrogens (tertiary/aromatic N) is 2. The number of carbonyl (C=O) groups excluding carboxylic acids is 2. The monoisotopic (exact) mass is 486 g/mol. The molecule has 198 valence electrons. The van der Waals surface area contributed by atoms with E-state index in [0.717, 1.165) is 6.42 Å². The van der Waals surface area contributed by atoms with Crippen molar-refractivity contribution in [2.45, 2.75) is 91.4 Å². The zero-order chi connectivity index (χ0) is 26.2. The van der Waals surface area contributed by atoms with Gasteiger partial charge in [-0.3, -0.25) is 9.59 Å². The molecule has 0 aromatic rings. The van der Waals surface area contributed by atoms with Gasteiger partial charge in [0.15, 0.2) is 0 Å². The molecule has 0 radical (unpaired) electrons. The molecule has 0 aliphatic carbocycles. The molecule has 4 unspecified atom stereocenters. The molecule has 0 rings (SSSR count). The normalized spacial score (nSPS) is 16.1. The van der Waals surface area contributed by atoms with Crippen LogP contribution in [0.25, 0.3) is 0 Å². The van der Waals surface area contributed by atoms with Crippen LogP contribution in [0.1, 0.15) is 67.7 Å². The van der Waals surface area contributed by atoms with Crippen molar-refractivity contribution >= 4 is 11.8 Å². The first-order valence-electron chi connectivity index (χ1n) is 12.1. The third kappa shape index (κ3) is 13.7. The van der Waals surface area contributed by atoms with Crippen LogP contribution in [0.3, 0.4) is 0 Å². The van der Waals surface area contributed by atoms with E-state index in [4.69, 9.17) is 4.74 Å². The molecule has 0 fully saturated rings. The molecular weight excluding hydrogens is 440 g/mol. The molecule has 2 amide bonds. The Morgan fingerprint density at radius 1 is 0.882 bits per heavy atom. The van der Waals surface area contributed by atoms with Crippen molar-refractivity contribution in [1.29, 1.82) is 0 Å². The van der Waals surface area contributed by atoms with Gasteiger partial charge >= 0.3 is 0 Å². The van der Waals surface area contributed by atoms with Crippen LogP contribution in [-0.2, 0) is 14.3 Å². The van der Waals surface area contributed by atoms with Crippen molar-refractivity contribution in [2.75, 3.05) is 39.4 Å². The Morgan fingerprint density at radius 2 is 1.50 bits per heavy atom. The van der Waals surface area contributed by atoms with Crippen molar-refractivity contribution in [3.05, 3.63) is 9.81 Å². The summed E-state index contributed by atoms with van der Waals surface area (Å²) in [6.45, 7) is 16.0. The Kier molecular flexibility index (Phi) is 15.6. The summed E-state index contributed by atoms with van der Waals surface area (Å²) in [5.41, 5.74) is -0.972. The molecule has 0 aromatic carbocycles. The van der Waals surface area contributed by atoms with Gasteiger partial charge in [0.25, 0.3) is 0 Å². The van der Waals surface area contributed by atoms with Crippen molar-refractivity contribution in [1.82, 2.24) is 21.3 Å². The summed E-state index contributed by atoms with van der Waals surface area (Å²) in [7, 11) is 0. The highest BCUT2D eigenvalue weighted by atomic mass is 16.5. The number of amides is 2. The van der Waals surface area contributed by atoms with E-state index in [2.05, 4.69) is 31.6 Å². The minimum atomic E-state index is -0.533. The molecule has 0 heterocycles. The second-order valence-corrected chi connectivity index (χ2v) is 9.92. The summed E-state index contributed by atoms with van der Waals surface area (Å²) >= 11 is 0. The number of ether oxygens (including phenoxy) is 1. The van der Waals surface area contributed by atoms with Crippen molar-refractivity contribution in [2.24, 2.45) is 15.8 Å². The summed E-state index contributed by atoms with van der Waals surface area (Å²) in [4.78, 5) is 46.2. The van der Waals surface area contributed by atoms with Crippen LogP contribution in [0.5, 0.6) is 0 Å². The fourth-order valence-electron chi connectivity index (χ4n) is 2.80. The van der Waals surface area contributed by atoms with Crippen LogP contribution in [0.15, 0.2) is 10.4 Å². The topological polar surface area (TPSA) is 150 Å². The number of nitroso groups, excluding NO2 is 2. The number of carbonyl (C=O) groups is 2. The number of hydrogen-bond acceptors (Lipinski definition) is 9. The van der Waals surface area contributed by atoms with Gasteiger partial charge in [0.2, 0.25) is 11.8 Å². The van der Waals surface area contributed by atoms with Crippen LogP contribution in [0.2, 0.25) is 0 Å². The minimum Gasteiger partial charge on any atom is -0.380 e. The zero-order valence-corrected chi connectivity index (χ0v) is 22.0. The molecule has 0 saturated heterocycles. The molecule has 4 N–H and O–H groups in total. The maximum absolute atomic E-state index is 12.4. The lowest BCUT2D eigenvalue weighted by Gasteiger charge is -2.37. The van der Waals surface area contributed by atoms with E-state index in [1.54, 1.807) is 13.8 Å². The van der Waals surface area contributed by atoms with Gasteiger partial charge < -0.3 is 26.0 Å². The van der Waals surface area contributed by atoms with Crippen LogP contribution in [0.4, 0.5) is 0 Å². The van der Waals surface area contributed by atoms with E-state index in [9.17, 15) is 19.4 Å². The summed E-state index contributed by atoms with van der Waals surface area (Å²) in [5, 5.41) is 18.6. The Morgan fingerprint density at radius 3 is 2.06 bits per heavy atom. The van der Waals surface area contributed by atoms with Gasteiger partial charge in [-0.15, -0.1) is 0 Å². The van der Waals surface area contributed by atoms with Crippen LogP contribution >= 0.6 is 0 Å². The Balaban J connectivity index is 4.81. The number of nitrogens with one attached hydrogen (secondary N) is 4. The number of rotatable bonds is 20. The van der Waals surface area contributed by atoms with Crippen molar-refractivity contribution in [3.63, 3.8) is 0 Å². The van der Waals surface area contributed by atoms with E-state index in [0.29, 0.717) is 39.4 Å². The molecule has 11 nitrogen and oxygen atoms in total. The maximum atomic E-state index is 12.4. The van der Waals surface area contributed by atoms with E-state index in [1.165, 1.54) is 0 Å². The summed E-state index contributed by atoms with van der Waals surface area (Å²) in [6, 6.07) is -0.974. The van der Waals surface area contributed by atoms with Gasteiger partial charge in [-0.2, -0.15) is 9.81 Å². The Hall–Kier alpha value is -1.98. The average molecular weight is 487 g/mol. The molecule has 0 aromatic heterocycles. The Bertz CT molecular complexity index is 633. The molecule has 0 aliphatic heterocycles. The van der Waals surface area contributed by atoms with Gasteiger partial charge in [0.05, 0.1) is 6.61 Å². The SMILES string of the molecule is CCCOCCNC(=O)CCC(=O)NCC(C)(CNC(C)C(C)N=O)CNC(C)(C)C(C)N=O. The van der Waals surface area contributed by atoms with E-state index in [1.807, 2.05) is 34.6 Å². The first-order chi connectivity index (χ1) is 15.9.